The number of ether oxygens (including phenoxy) is 1. The maximum Gasteiger partial charge on any atom is 0.315 e. The van der Waals surface area contributed by atoms with Crippen LogP contribution in [0.15, 0.2) is 60.8 Å². The van der Waals surface area contributed by atoms with Crippen LogP contribution in [0.3, 0.4) is 0 Å². The van der Waals surface area contributed by atoms with Gasteiger partial charge in [-0.1, -0.05) is 36.4 Å². The monoisotopic (exact) mass is 347 g/mol. The fourth-order valence-electron chi connectivity index (χ4n) is 3.44. The molecule has 26 heavy (non-hydrogen) atoms. The summed E-state index contributed by atoms with van der Waals surface area (Å²) in [6.07, 6.45) is 1.77. The van der Waals surface area contributed by atoms with Gasteiger partial charge in [0.2, 0.25) is 0 Å². The molecule has 4 rings (SSSR count). The molecule has 2 unspecified atom stereocenters. The number of carbonyl (C=O) groups excluding carboxylic acids is 1. The molecule has 0 saturated heterocycles. The van der Waals surface area contributed by atoms with Crippen molar-refractivity contribution in [2.75, 3.05) is 6.61 Å². The lowest BCUT2D eigenvalue weighted by Gasteiger charge is -2.20. The van der Waals surface area contributed by atoms with Crippen LogP contribution in [0.4, 0.5) is 4.79 Å². The standard InChI is InChI=1S/C21H21N3O2/c1-14(18-13-26-20-9-5-3-7-17(18)20)24-21(25)23-12-15-10-11-22-19-8-4-2-6-16(15)19/h2-11,14,18H,12-13H2,1H3,(H2,23,24,25). The lowest BCUT2D eigenvalue weighted by molar-refractivity contribution is 0.232. The molecule has 0 spiro atoms. The summed E-state index contributed by atoms with van der Waals surface area (Å²) in [6, 6.07) is 17.7. The van der Waals surface area contributed by atoms with Crippen LogP contribution < -0.4 is 15.4 Å². The van der Waals surface area contributed by atoms with Gasteiger partial charge in [0.25, 0.3) is 0 Å². The van der Waals surface area contributed by atoms with Crippen LogP contribution in [0.2, 0.25) is 0 Å². The molecule has 5 nitrogen and oxygen atoms in total. The Balaban J connectivity index is 1.38. The number of pyridine rings is 1. The summed E-state index contributed by atoms with van der Waals surface area (Å²) in [5.74, 6) is 1.08. The zero-order chi connectivity index (χ0) is 17.9. The normalized spacial score (nSPS) is 16.6. The Morgan fingerprint density at radius 3 is 2.92 bits per heavy atom. The van der Waals surface area contributed by atoms with Crippen molar-refractivity contribution in [2.24, 2.45) is 0 Å². The molecule has 2 heterocycles. The molecule has 1 aliphatic heterocycles. The number of amides is 2. The molecule has 2 atom stereocenters. The van der Waals surface area contributed by atoms with Crippen LogP contribution in [0, 0.1) is 0 Å². The third kappa shape index (κ3) is 3.20. The maximum absolute atomic E-state index is 12.4. The van der Waals surface area contributed by atoms with Crippen LogP contribution in [-0.4, -0.2) is 23.7 Å². The average Bonchev–Trinajstić information content (AvgIpc) is 3.10. The Kier molecular flexibility index (Phi) is 4.44. The van der Waals surface area contributed by atoms with Crippen molar-refractivity contribution in [1.29, 1.82) is 0 Å². The number of urea groups is 1. The first-order valence-electron chi connectivity index (χ1n) is 8.81. The number of carbonyl (C=O) groups is 1. The Labute approximate surface area is 152 Å². The third-order valence-corrected chi connectivity index (χ3v) is 4.88. The van der Waals surface area contributed by atoms with E-state index in [9.17, 15) is 4.79 Å². The van der Waals surface area contributed by atoms with E-state index >= 15 is 0 Å². The van der Waals surface area contributed by atoms with Crippen molar-refractivity contribution in [3.8, 4) is 5.75 Å². The second-order valence-corrected chi connectivity index (χ2v) is 6.56. The van der Waals surface area contributed by atoms with E-state index < -0.39 is 0 Å². The average molecular weight is 347 g/mol. The van der Waals surface area contributed by atoms with E-state index in [-0.39, 0.29) is 18.0 Å². The van der Waals surface area contributed by atoms with E-state index in [0.717, 1.165) is 27.8 Å². The summed E-state index contributed by atoms with van der Waals surface area (Å²) >= 11 is 0. The molecular formula is C21H21N3O2. The van der Waals surface area contributed by atoms with E-state index in [4.69, 9.17) is 4.74 Å². The van der Waals surface area contributed by atoms with Crippen molar-refractivity contribution in [3.63, 3.8) is 0 Å². The minimum Gasteiger partial charge on any atom is -0.493 e. The first kappa shape index (κ1) is 16.4. The number of rotatable bonds is 4. The summed E-state index contributed by atoms with van der Waals surface area (Å²) in [5.41, 5.74) is 3.13. The Morgan fingerprint density at radius 2 is 2.00 bits per heavy atom. The minimum atomic E-state index is -0.178. The van der Waals surface area contributed by atoms with Gasteiger partial charge in [-0.15, -0.1) is 0 Å². The molecule has 3 aromatic rings. The summed E-state index contributed by atoms with van der Waals surface area (Å²) in [7, 11) is 0. The van der Waals surface area contributed by atoms with Gasteiger partial charge in [-0.3, -0.25) is 4.98 Å². The van der Waals surface area contributed by atoms with Crippen LogP contribution in [-0.2, 0) is 6.54 Å². The van der Waals surface area contributed by atoms with Gasteiger partial charge in [0.1, 0.15) is 5.75 Å². The molecule has 0 aliphatic carbocycles. The molecule has 5 heteroatoms. The van der Waals surface area contributed by atoms with Gasteiger partial charge in [-0.05, 0) is 30.7 Å². The van der Waals surface area contributed by atoms with Gasteiger partial charge in [0, 0.05) is 35.7 Å². The van der Waals surface area contributed by atoms with Gasteiger partial charge >= 0.3 is 6.03 Å². The van der Waals surface area contributed by atoms with E-state index in [2.05, 4.69) is 21.7 Å². The zero-order valence-corrected chi connectivity index (χ0v) is 14.6. The third-order valence-electron chi connectivity index (χ3n) is 4.88. The number of hydrogen-bond donors (Lipinski definition) is 2. The van der Waals surface area contributed by atoms with Crippen molar-refractivity contribution in [2.45, 2.75) is 25.4 Å². The van der Waals surface area contributed by atoms with E-state index in [1.165, 1.54) is 0 Å². The second-order valence-electron chi connectivity index (χ2n) is 6.56. The Morgan fingerprint density at radius 1 is 1.19 bits per heavy atom. The number of para-hydroxylation sites is 2. The number of benzene rings is 2. The molecule has 0 bridgehead atoms. The second kappa shape index (κ2) is 7.04. The van der Waals surface area contributed by atoms with Crippen molar-refractivity contribution in [3.05, 3.63) is 71.9 Å². The van der Waals surface area contributed by atoms with Crippen LogP contribution in [0.5, 0.6) is 5.75 Å². The molecule has 0 fully saturated rings. The number of aromatic nitrogens is 1. The lowest BCUT2D eigenvalue weighted by atomic mass is 9.94. The molecule has 1 aromatic heterocycles. The fourth-order valence-corrected chi connectivity index (χ4v) is 3.44. The molecule has 0 radical (unpaired) electrons. The predicted octanol–water partition coefficient (Wildman–Crippen LogP) is 3.60. The molecular weight excluding hydrogens is 326 g/mol. The van der Waals surface area contributed by atoms with Gasteiger partial charge in [0.05, 0.1) is 12.1 Å². The smallest absolute Gasteiger partial charge is 0.315 e. The molecule has 132 valence electrons. The van der Waals surface area contributed by atoms with Gasteiger partial charge in [-0.2, -0.15) is 0 Å². The summed E-state index contributed by atoms with van der Waals surface area (Å²) < 4.78 is 5.71. The molecule has 1 aliphatic rings. The van der Waals surface area contributed by atoms with Gasteiger partial charge < -0.3 is 15.4 Å². The van der Waals surface area contributed by atoms with E-state index in [1.54, 1.807) is 6.20 Å². The van der Waals surface area contributed by atoms with Gasteiger partial charge in [-0.25, -0.2) is 4.79 Å². The summed E-state index contributed by atoms with van der Waals surface area (Å²) in [4.78, 5) is 16.7. The SMILES string of the molecule is CC(NC(=O)NCc1ccnc2ccccc12)C1COc2ccccc21. The van der Waals surface area contributed by atoms with Crippen LogP contribution >= 0.6 is 0 Å². The highest BCUT2D eigenvalue weighted by atomic mass is 16.5. The molecule has 2 aromatic carbocycles. The van der Waals surface area contributed by atoms with E-state index in [1.807, 2.05) is 55.5 Å². The maximum atomic E-state index is 12.4. The molecule has 2 amide bonds. The van der Waals surface area contributed by atoms with Crippen molar-refractivity contribution < 1.29 is 9.53 Å². The quantitative estimate of drug-likeness (QED) is 0.758. The molecule has 2 N–H and O–H groups in total. The van der Waals surface area contributed by atoms with Crippen molar-refractivity contribution in [1.82, 2.24) is 15.6 Å². The topological polar surface area (TPSA) is 63.2 Å². The highest BCUT2D eigenvalue weighted by Crippen LogP contribution is 2.35. The first-order valence-corrected chi connectivity index (χ1v) is 8.81. The highest BCUT2D eigenvalue weighted by molar-refractivity contribution is 5.82. The number of nitrogens with zero attached hydrogens (tertiary/aromatic N) is 1. The van der Waals surface area contributed by atoms with Crippen LogP contribution in [0.1, 0.15) is 24.0 Å². The summed E-state index contributed by atoms with van der Waals surface area (Å²) in [5, 5.41) is 7.04. The minimum absolute atomic E-state index is 0.0205. The summed E-state index contributed by atoms with van der Waals surface area (Å²) in [6.45, 7) is 3.06. The van der Waals surface area contributed by atoms with Gasteiger partial charge in [0.15, 0.2) is 0 Å². The van der Waals surface area contributed by atoms with E-state index in [0.29, 0.717) is 13.2 Å². The Hall–Kier alpha value is -3.08. The first-order chi connectivity index (χ1) is 12.7. The Bertz CT molecular complexity index is 936. The lowest BCUT2D eigenvalue weighted by Crippen LogP contribution is -2.43. The fraction of sp³-hybridized carbons (Fsp3) is 0.238. The van der Waals surface area contributed by atoms with Crippen molar-refractivity contribution >= 4 is 16.9 Å². The highest BCUT2D eigenvalue weighted by Gasteiger charge is 2.29. The number of fused-ring (bicyclic) bond motifs is 2. The zero-order valence-electron chi connectivity index (χ0n) is 14.6. The molecule has 0 saturated carbocycles. The predicted molar refractivity (Wildman–Crippen MR) is 101 cm³/mol. The largest absolute Gasteiger partial charge is 0.493 e. The number of nitrogens with one attached hydrogen (secondary N) is 2. The van der Waals surface area contributed by atoms with Crippen LogP contribution in [0.25, 0.3) is 10.9 Å². The number of hydrogen-bond acceptors (Lipinski definition) is 3.